The highest BCUT2D eigenvalue weighted by Crippen LogP contribution is 2.13. The molecule has 2 aromatic carbocycles. The van der Waals surface area contributed by atoms with Gasteiger partial charge in [-0.1, -0.05) is 44.5 Å². The number of amides is 1. The van der Waals surface area contributed by atoms with Crippen LogP contribution in [0, 0.1) is 11.6 Å². The molecule has 3 N–H and O–H groups in total. The number of benzene rings is 2. The molecule has 2 rings (SSSR count). The van der Waals surface area contributed by atoms with Crippen molar-refractivity contribution in [3.63, 3.8) is 0 Å². The predicted molar refractivity (Wildman–Crippen MR) is 134 cm³/mol. The quantitative estimate of drug-likeness (QED) is 0.342. The number of hydrogen-bond acceptors (Lipinski definition) is 5. The molecule has 35 heavy (non-hydrogen) atoms. The molecule has 0 heterocycles. The van der Waals surface area contributed by atoms with E-state index in [2.05, 4.69) is 23.6 Å². The topological polar surface area (TPSA) is 95.5 Å². The Bertz CT molecular complexity index is 1040. The molecule has 0 saturated heterocycles. The summed E-state index contributed by atoms with van der Waals surface area (Å²) in [5, 5.41) is 16.6. The molecule has 0 aliphatic heterocycles. The summed E-state index contributed by atoms with van der Waals surface area (Å²) in [5.74, 6) is -2.32. The third-order valence-electron chi connectivity index (χ3n) is 5.72. The normalized spacial score (nSPS) is 13.4. The predicted octanol–water partition coefficient (Wildman–Crippen LogP) is 3.31. The Kier molecular flexibility index (Phi) is 11.8. The molecule has 0 aromatic heterocycles. The zero-order valence-corrected chi connectivity index (χ0v) is 21.2. The minimum atomic E-state index is -3.35. The first-order chi connectivity index (χ1) is 16.6. The molecule has 0 fully saturated rings. The molecule has 0 spiro atoms. The Morgan fingerprint density at radius 2 is 1.69 bits per heavy atom. The van der Waals surface area contributed by atoms with Crippen LogP contribution in [-0.4, -0.2) is 49.6 Å². The van der Waals surface area contributed by atoms with Gasteiger partial charge in [-0.25, -0.2) is 17.2 Å². The van der Waals surface area contributed by atoms with E-state index in [1.54, 1.807) is 0 Å². The largest absolute Gasteiger partial charge is 0.390 e. The molecule has 0 radical (unpaired) electrons. The lowest BCUT2D eigenvalue weighted by Gasteiger charge is -2.25. The van der Waals surface area contributed by atoms with Gasteiger partial charge >= 0.3 is 0 Å². The van der Waals surface area contributed by atoms with Crippen molar-refractivity contribution < 1.29 is 27.1 Å². The molecule has 0 saturated carbocycles. The Morgan fingerprint density at radius 1 is 1.00 bits per heavy atom. The van der Waals surface area contributed by atoms with Gasteiger partial charge in [0.2, 0.25) is 5.91 Å². The van der Waals surface area contributed by atoms with E-state index in [0.29, 0.717) is 13.0 Å². The van der Waals surface area contributed by atoms with Crippen molar-refractivity contribution in [1.82, 2.24) is 10.6 Å². The molecule has 1 amide bonds. The van der Waals surface area contributed by atoms with Gasteiger partial charge in [0.25, 0.3) is 0 Å². The molecule has 9 heteroatoms. The van der Waals surface area contributed by atoms with E-state index in [0.717, 1.165) is 36.6 Å². The summed E-state index contributed by atoms with van der Waals surface area (Å²) in [7, 11) is -3.35. The van der Waals surface area contributed by atoms with Crippen LogP contribution in [0.25, 0.3) is 0 Å². The number of nitrogens with one attached hydrogen (secondary N) is 2. The number of aliphatic hydroxyl groups is 1. The summed E-state index contributed by atoms with van der Waals surface area (Å²) < 4.78 is 51.5. The van der Waals surface area contributed by atoms with Crippen molar-refractivity contribution in [1.29, 1.82) is 0 Å². The van der Waals surface area contributed by atoms with Crippen molar-refractivity contribution in [2.24, 2.45) is 0 Å². The summed E-state index contributed by atoms with van der Waals surface area (Å²) >= 11 is 0. The van der Waals surface area contributed by atoms with Gasteiger partial charge < -0.3 is 15.7 Å². The highest BCUT2D eigenvalue weighted by molar-refractivity contribution is 7.91. The van der Waals surface area contributed by atoms with E-state index in [-0.39, 0.29) is 36.5 Å². The van der Waals surface area contributed by atoms with Crippen LogP contribution in [0.3, 0.4) is 0 Å². The second-order valence-electron chi connectivity index (χ2n) is 8.78. The number of halogens is 2. The van der Waals surface area contributed by atoms with Crippen molar-refractivity contribution in [3.8, 4) is 0 Å². The van der Waals surface area contributed by atoms with Gasteiger partial charge in [-0.2, -0.15) is 0 Å². The highest BCUT2D eigenvalue weighted by Gasteiger charge is 2.23. The average molecular weight is 511 g/mol. The molecular weight excluding hydrogens is 474 g/mol. The molecule has 0 aliphatic rings. The average Bonchev–Trinajstić information content (AvgIpc) is 2.80. The van der Waals surface area contributed by atoms with E-state index < -0.39 is 39.5 Å². The van der Waals surface area contributed by atoms with Gasteiger partial charge in [0.1, 0.15) is 11.6 Å². The maximum Gasteiger partial charge on any atom is 0.221 e. The van der Waals surface area contributed by atoms with E-state index in [1.807, 2.05) is 25.1 Å². The Labute approximate surface area is 207 Å². The molecular formula is C26H36F2N2O4S. The number of sulfone groups is 1. The number of carbonyl (C=O) groups excluding carboxylic acids is 1. The van der Waals surface area contributed by atoms with Crippen LogP contribution >= 0.6 is 0 Å². The zero-order valence-electron chi connectivity index (χ0n) is 20.4. The van der Waals surface area contributed by atoms with Gasteiger partial charge in [0.05, 0.1) is 23.7 Å². The first-order valence-electron chi connectivity index (χ1n) is 12.0. The third-order valence-corrected chi connectivity index (χ3v) is 7.46. The second-order valence-corrected chi connectivity index (χ2v) is 11.1. The van der Waals surface area contributed by atoms with Gasteiger partial charge in [0.15, 0.2) is 9.84 Å². The number of unbranched alkanes of at least 4 members (excludes halogenated alkanes) is 1. The van der Waals surface area contributed by atoms with Crippen LogP contribution in [0.5, 0.6) is 0 Å². The van der Waals surface area contributed by atoms with Crippen molar-refractivity contribution >= 4 is 15.7 Å². The van der Waals surface area contributed by atoms with E-state index in [4.69, 9.17) is 0 Å². The third kappa shape index (κ3) is 10.8. The van der Waals surface area contributed by atoms with E-state index >= 15 is 0 Å². The number of aryl methyl sites for hydroxylation is 1. The fraction of sp³-hybridized carbons (Fsp3) is 0.500. The monoisotopic (exact) mass is 510 g/mol. The molecule has 194 valence electrons. The Morgan fingerprint density at radius 3 is 2.34 bits per heavy atom. The van der Waals surface area contributed by atoms with Gasteiger partial charge in [-0.3, -0.25) is 4.79 Å². The van der Waals surface area contributed by atoms with Crippen molar-refractivity contribution in [2.75, 3.05) is 18.1 Å². The Balaban J connectivity index is 2.03. The van der Waals surface area contributed by atoms with Crippen LogP contribution in [0.4, 0.5) is 8.78 Å². The van der Waals surface area contributed by atoms with Crippen LogP contribution in [0.1, 0.15) is 49.8 Å². The van der Waals surface area contributed by atoms with Crippen molar-refractivity contribution in [3.05, 3.63) is 70.8 Å². The summed E-state index contributed by atoms with van der Waals surface area (Å²) in [4.78, 5) is 12.5. The lowest BCUT2D eigenvalue weighted by atomic mass is 10.0. The minimum Gasteiger partial charge on any atom is -0.390 e. The molecule has 0 unspecified atom stereocenters. The molecule has 0 aliphatic carbocycles. The summed E-state index contributed by atoms with van der Waals surface area (Å²) in [6.45, 7) is 4.57. The second kappa shape index (κ2) is 14.3. The van der Waals surface area contributed by atoms with Crippen molar-refractivity contribution in [2.45, 2.75) is 64.6 Å². The lowest BCUT2D eigenvalue weighted by Crippen LogP contribution is -2.49. The first-order valence-corrected chi connectivity index (χ1v) is 13.8. The number of hydrogen-bond donors (Lipinski definition) is 3. The molecule has 2 aromatic rings. The molecule has 2 atom stereocenters. The number of rotatable bonds is 15. The maximum absolute atomic E-state index is 13.7. The summed E-state index contributed by atoms with van der Waals surface area (Å²) in [6.07, 6.45) is 0.837. The summed E-state index contributed by atoms with van der Waals surface area (Å²) in [5.41, 5.74) is 2.51. The highest BCUT2D eigenvalue weighted by atomic mass is 32.2. The Hall–Kier alpha value is -2.36. The standard InChI is InChI=1S/C26H36F2N2O4S/c1-3-5-10-35(33,34)11-9-26(32)30-24(15-21-13-22(27)16-23(28)14-21)25(31)18-29-17-20-8-6-7-19(4-2)12-20/h6-8,12-14,16,24-25,29,31H,3-5,9-11,15,17-18H2,1-2H3,(H,30,32)/t24-,25+/m0/s1. The molecule has 0 bridgehead atoms. The first kappa shape index (κ1) is 28.9. The number of aliphatic hydroxyl groups excluding tert-OH is 1. The van der Waals surface area contributed by atoms with Crippen LogP contribution < -0.4 is 10.6 Å². The smallest absolute Gasteiger partial charge is 0.221 e. The van der Waals surface area contributed by atoms with Crippen LogP contribution in [-0.2, 0) is 34.0 Å². The fourth-order valence-electron chi connectivity index (χ4n) is 3.73. The summed E-state index contributed by atoms with van der Waals surface area (Å²) in [6, 6.07) is 10.2. The van der Waals surface area contributed by atoms with Gasteiger partial charge in [-0.15, -0.1) is 0 Å². The SMILES string of the molecule is CCCCS(=O)(=O)CCC(=O)N[C@@H](Cc1cc(F)cc(F)c1)[C@H](O)CNCc1cccc(CC)c1. The van der Waals surface area contributed by atoms with E-state index in [1.165, 1.54) is 5.56 Å². The minimum absolute atomic E-state index is 0.0167. The van der Waals surface area contributed by atoms with E-state index in [9.17, 15) is 27.1 Å². The fourth-order valence-corrected chi connectivity index (χ4v) is 5.15. The lowest BCUT2D eigenvalue weighted by molar-refractivity contribution is -0.122. The number of carbonyl (C=O) groups is 1. The maximum atomic E-state index is 13.7. The van der Waals surface area contributed by atoms with Gasteiger partial charge in [-0.05, 0) is 48.1 Å². The van der Waals surface area contributed by atoms with Crippen LogP contribution in [0.2, 0.25) is 0 Å². The zero-order chi connectivity index (χ0) is 25.8. The van der Waals surface area contributed by atoms with Crippen LogP contribution in [0.15, 0.2) is 42.5 Å². The van der Waals surface area contributed by atoms with Gasteiger partial charge in [0, 0.05) is 25.6 Å². The molecule has 6 nitrogen and oxygen atoms in total.